The molecule has 2 N–H and O–H groups in total. The highest BCUT2D eigenvalue weighted by Crippen LogP contribution is 2.21. The van der Waals surface area contributed by atoms with E-state index in [0.29, 0.717) is 12.5 Å². The summed E-state index contributed by atoms with van der Waals surface area (Å²) >= 11 is 0. The van der Waals surface area contributed by atoms with Crippen LogP contribution in [0, 0.1) is 5.92 Å². The maximum Gasteiger partial charge on any atom is 0.234 e. The van der Waals surface area contributed by atoms with E-state index >= 15 is 0 Å². The zero-order chi connectivity index (χ0) is 15.9. The van der Waals surface area contributed by atoms with Gasteiger partial charge in [0.1, 0.15) is 0 Å². The first-order valence-electron chi connectivity index (χ1n) is 8.29. The van der Waals surface area contributed by atoms with Crippen LogP contribution in [0.3, 0.4) is 0 Å². The average molecular weight is 304 g/mol. The number of amides is 1. The molecule has 1 amide bonds. The van der Waals surface area contributed by atoms with Gasteiger partial charge < -0.3 is 10.4 Å². The third kappa shape index (κ3) is 5.43. The van der Waals surface area contributed by atoms with Gasteiger partial charge >= 0.3 is 0 Å². The normalized spacial score (nSPS) is 18.4. The minimum atomic E-state index is -0.197. The van der Waals surface area contributed by atoms with Crippen molar-refractivity contribution in [3.8, 4) is 0 Å². The van der Waals surface area contributed by atoms with Gasteiger partial charge in [-0.2, -0.15) is 0 Å². The van der Waals surface area contributed by atoms with Crippen molar-refractivity contribution in [2.45, 2.75) is 45.3 Å². The fraction of sp³-hybridized carbons (Fsp3) is 0.611. The Morgan fingerprint density at radius 3 is 2.50 bits per heavy atom. The van der Waals surface area contributed by atoms with Gasteiger partial charge in [0.15, 0.2) is 0 Å². The van der Waals surface area contributed by atoms with Gasteiger partial charge in [-0.15, -0.1) is 0 Å². The second kappa shape index (κ2) is 8.30. The van der Waals surface area contributed by atoms with Gasteiger partial charge in [-0.3, -0.25) is 9.69 Å². The molecule has 1 saturated heterocycles. The molecule has 22 heavy (non-hydrogen) atoms. The van der Waals surface area contributed by atoms with Crippen molar-refractivity contribution in [1.29, 1.82) is 0 Å². The SMILES string of the molecule is CC(C)CC(NC(=O)CN1CCC(O)CC1)c1ccccc1. The first-order chi connectivity index (χ1) is 10.5. The number of nitrogens with one attached hydrogen (secondary N) is 1. The van der Waals surface area contributed by atoms with E-state index in [4.69, 9.17) is 0 Å². The van der Waals surface area contributed by atoms with E-state index in [9.17, 15) is 9.90 Å². The Hall–Kier alpha value is -1.39. The van der Waals surface area contributed by atoms with Crippen LogP contribution in [0.25, 0.3) is 0 Å². The molecule has 1 aromatic rings. The Balaban J connectivity index is 1.90. The molecule has 0 bridgehead atoms. The summed E-state index contributed by atoms with van der Waals surface area (Å²) < 4.78 is 0. The molecule has 1 fully saturated rings. The summed E-state index contributed by atoms with van der Waals surface area (Å²) in [5.41, 5.74) is 1.17. The molecule has 4 heteroatoms. The highest BCUT2D eigenvalue weighted by atomic mass is 16.3. The minimum absolute atomic E-state index is 0.0732. The number of aliphatic hydroxyl groups excluding tert-OH is 1. The summed E-state index contributed by atoms with van der Waals surface area (Å²) in [7, 11) is 0. The topological polar surface area (TPSA) is 52.6 Å². The number of likely N-dealkylation sites (tertiary alicyclic amines) is 1. The average Bonchev–Trinajstić information content (AvgIpc) is 2.49. The first kappa shape index (κ1) is 17.0. The summed E-state index contributed by atoms with van der Waals surface area (Å²) in [6, 6.07) is 10.2. The summed E-state index contributed by atoms with van der Waals surface area (Å²) in [5, 5.41) is 12.7. The second-order valence-corrected chi connectivity index (χ2v) is 6.67. The quantitative estimate of drug-likeness (QED) is 0.848. The molecule has 1 atom stereocenters. The third-order valence-electron chi connectivity index (χ3n) is 4.17. The van der Waals surface area contributed by atoms with Gasteiger partial charge in [0.05, 0.1) is 18.7 Å². The van der Waals surface area contributed by atoms with Crippen LogP contribution in [0.4, 0.5) is 0 Å². The molecule has 122 valence electrons. The second-order valence-electron chi connectivity index (χ2n) is 6.67. The number of nitrogens with zero attached hydrogens (tertiary/aromatic N) is 1. The summed E-state index contributed by atoms with van der Waals surface area (Å²) in [5.74, 6) is 0.599. The summed E-state index contributed by atoms with van der Waals surface area (Å²) in [6.45, 7) is 6.37. The highest BCUT2D eigenvalue weighted by molar-refractivity contribution is 5.78. The Bertz CT molecular complexity index is 453. The highest BCUT2D eigenvalue weighted by Gasteiger charge is 2.21. The summed E-state index contributed by atoms with van der Waals surface area (Å²) in [4.78, 5) is 14.5. The van der Waals surface area contributed by atoms with Crippen molar-refractivity contribution in [1.82, 2.24) is 10.2 Å². The largest absolute Gasteiger partial charge is 0.393 e. The van der Waals surface area contributed by atoms with E-state index in [-0.39, 0.29) is 18.1 Å². The zero-order valence-electron chi connectivity index (χ0n) is 13.7. The van der Waals surface area contributed by atoms with Crippen LogP contribution in [0.5, 0.6) is 0 Å². The standard InChI is InChI=1S/C18H28N2O2/c1-14(2)12-17(15-6-4-3-5-7-15)19-18(22)13-20-10-8-16(21)9-11-20/h3-7,14,16-17,21H,8-13H2,1-2H3,(H,19,22). The lowest BCUT2D eigenvalue weighted by molar-refractivity contribution is -0.123. The molecular weight excluding hydrogens is 276 g/mol. The van der Waals surface area contributed by atoms with Gasteiger partial charge in [0, 0.05) is 13.1 Å². The Morgan fingerprint density at radius 2 is 1.91 bits per heavy atom. The number of piperidine rings is 1. The Labute approximate surface area is 133 Å². The van der Waals surface area contributed by atoms with Gasteiger partial charge in [-0.25, -0.2) is 0 Å². The van der Waals surface area contributed by atoms with Crippen molar-refractivity contribution in [3.63, 3.8) is 0 Å². The Morgan fingerprint density at radius 1 is 1.27 bits per heavy atom. The van der Waals surface area contributed by atoms with E-state index in [0.717, 1.165) is 32.4 Å². The zero-order valence-corrected chi connectivity index (χ0v) is 13.7. The smallest absolute Gasteiger partial charge is 0.234 e. The van der Waals surface area contributed by atoms with Crippen LogP contribution >= 0.6 is 0 Å². The predicted molar refractivity (Wildman–Crippen MR) is 88.5 cm³/mol. The van der Waals surface area contributed by atoms with Gasteiger partial charge in [-0.1, -0.05) is 44.2 Å². The number of carbonyl (C=O) groups excluding carboxylic acids is 1. The van der Waals surface area contributed by atoms with Gasteiger partial charge in [0.25, 0.3) is 0 Å². The van der Waals surface area contributed by atoms with Crippen LogP contribution < -0.4 is 5.32 Å². The van der Waals surface area contributed by atoms with Crippen molar-refractivity contribution >= 4 is 5.91 Å². The van der Waals surface area contributed by atoms with Crippen molar-refractivity contribution in [2.24, 2.45) is 5.92 Å². The number of benzene rings is 1. The maximum atomic E-state index is 12.3. The molecule has 0 radical (unpaired) electrons. The van der Waals surface area contributed by atoms with Crippen LogP contribution in [0.15, 0.2) is 30.3 Å². The number of hydrogen-bond donors (Lipinski definition) is 2. The third-order valence-corrected chi connectivity index (χ3v) is 4.17. The molecule has 0 spiro atoms. The van der Waals surface area contributed by atoms with Crippen LogP contribution in [0.1, 0.15) is 44.7 Å². The molecule has 1 heterocycles. The monoisotopic (exact) mass is 304 g/mol. The van der Waals surface area contributed by atoms with E-state index in [1.807, 2.05) is 18.2 Å². The molecule has 1 aliphatic heterocycles. The predicted octanol–water partition coefficient (Wildman–Crippen LogP) is 2.35. The molecule has 0 saturated carbocycles. The lowest BCUT2D eigenvalue weighted by Gasteiger charge is -2.30. The van der Waals surface area contributed by atoms with Crippen molar-refractivity contribution < 1.29 is 9.90 Å². The maximum absolute atomic E-state index is 12.3. The Kier molecular flexibility index (Phi) is 6.40. The minimum Gasteiger partial charge on any atom is -0.393 e. The number of aliphatic hydroxyl groups is 1. The van der Waals surface area contributed by atoms with Crippen molar-refractivity contribution in [2.75, 3.05) is 19.6 Å². The molecule has 0 aromatic heterocycles. The lowest BCUT2D eigenvalue weighted by Crippen LogP contribution is -2.43. The molecule has 2 rings (SSSR count). The fourth-order valence-electron chi connectivity index (χ4n) is 2.96. The van der Waals surface area contributed by atoms with Gasteiger partial charge in [-0.05, 0) is 30.7 Å². The first-order valence-corrected chi connectivity index (χ1v) is 8.29. The van der Waals surface area contributed by atoms with E-state index < -0.39 is 0 Å². The van der Waals surface area contributed by atoms with Crippen molar-refractivity contribution in [3.05, 3.63) is 35.9 Å². The van der Waals surface area contributed by atoms with E-state index in [1.165, 1.54) is 5.56 Å². The molecule has 1 aliphatic rings. The lowest BCUT2D eigenvalue weighted by atomic mass is 9.97. The number of carbonyl (C=O) groups is 1. The molecule has 1 unspecified atom stereocenters. The van der Waals surface area contributed by atoms with E-state index in [1.54, 1.807) is 0 Å². The molecule has 0 aliphatic carbocycles. The van der Waals surface area contributed by atoms with Gasteiger partial charge in [0.2, 0.25) is 5.91 Å². The van der Waals surface area contributed by atoms with Crippen LogP contribution in [0.2, 0.25) is 0 Å². The molecule has 4 nitrogen and oxygen atoms in total. The summed E-state index contributed by atoms with van der Waals surface area (Å²) in [6.07, 6.45) is 2.27. The fourth-order valence-corrected chi connectivity index (χ4v) is 2.96. The molecule has 1 aromatic carbocycles. The van der Waals surface area contributed by atoms with Crippen LogP contribution in [-0.2, 0) is 4.79 Å². The van der Waals surface area contributed by atoms with E-state index in [2.05, 4.69) is 36.2 Å². The number of hydrogen-bond acceptors (Lipinski definition) is 3. The number of rotatable bonds is 6. The molecular formula is C18H28N2O2. The van der Waals surface area contributed by atoms with Crippen LogP contribution in [-0.4, -0.2) is 41.7 Å².